The fraction of sp³-hybridized carbons (Fsp3) is 0.308. The molecule has 0 saturated heterocycles. The Morgan fingerprint density at radius 2 is 2.16 bits per heavy atom. The Bertz CT molecular complexity index is 560. The molecule has 0 radical (unpaired) electrons. The van der Waals surface area contributed by atoms with Crippen molar-refractivity contribution in [3.63, 3.8) is 0 Å². The van der Waals surface area contributed by atoms with Gasteiger partial charge < -0.3 is 15.4 Å². The number of aromatic nitrogens is 1. The normalized spacial score (nSPS) is 12.3. The van der Waals surface area contributed by atoms with Crippen molar-refractivity contribution in [2.75, 3.05) is 0 Å². The van der Waals surface area contributed by atoms with Crippen LogP contribution in [-0.4, -0.2) is 28.0 Å². The fourth-order valence-corrected chi connectivity index (χ4v) is 1.48. The van der Waals surface area contributed by atoms with Gasteiger partial charge >= 0.3 is 5.97 Å². The lowest BCUT2D eigenvalue weighted by molar-refractivity contribution is -0.139. The van der Waals surface area contributed by atoms with Gasteiger partial charge in [-0.3, -0.25) is 9.59 Å². The molecule has 0 fully saturated rings. The van der Waals surface area contributed by atoms with E-state index < -0.39 is 23.5 Å². The molecule has 0 aliphatic carbocycles. The molecule has 1 unspecified atom stereocenters. The van der Waals surface area contributed by atoms with Crippen molar-refractivity contribution in [3.8, 4) is 0 Å². The van der Waals surface area contributed by atoms with Gasteiger partial charge in [-0.25, -0.2) is 4.79 Å². The third-order valence-corrected chi connectivity index (χ3v) is 2.51. The molecule has 1 heterocycles. The Hall–Kier alpha value is -2.37. The fourth-order valence-electron chi connectivity index (χ4n) is 1.48. The number of aliphatic carboxylic acids is 1. The molecule has 0 bridgehead atoms. The highest BCUT2D eigenvalue weighted by Crippen LogP contribution is 1.99. The second-order valence-electron chi connectivity index (χ2n) is 4.05. The quantitative estimate of drug-likeness (QED) is 0.686. The van der Waals surface area contributed by atoms with Gasteiger partial charge in [0.2, 0.25) is 0 Å². The monoisotopic (exact) mass is 264 g/mol. The number of carbonyl (C=O) groups is 2. The average molecular weight is 264 g/mol. The van der Waals surface area contributed by atoms with E-state index in [1.165, 1.54) is 6.07 Å². The van der Waals surface area contributed by atoms with Crippen molar-refractivity contribution in [1.82, 2.24) is 10.3 Å². The highest BCUT2D eigenvalue weighted by atomic mass is 16.4. The molecule has 102 valence electrons. The number of rotatable bonds is 5. The number of nitrogens with one attached hydrogen (secondary N) is 2. The number of aryl methyl sites for hydroxylation is 1. The molecule has 0 aliphatic rings. The summed E-state index contributed by atoms with van der Waals surface area (Å²) >= 11 is 0. The molecule has 0 aromatic carbocycles. The Morgan fingerprint density at radius 3 is 2.68 bits per heavy atom. The molecular formula is C13H16N2O4. The summed E-state index contributed by atoms with van der Waals surface area (Å²) in [5.41, 5.74) is -0.00440. The Kier molecular flexibility index (Phi) is 5.05. The van der Waals surface area contributed by atoms with Gasteiger partial charge in [-0.15, -0.1) is 0 Å². The van der Waals surface area contributed by atoms with Crippen LogP contribution in [0.5, 0.6) is 0 Å². The van der Waals surface area contributed by atoms with E-state index in [-0.39, 0.29) is 12.0 Å². The second kappa shape index (κ2) is 6.53. The first kappa shape index (κ1) is 14.7. The first-order chi connectivity index (χ1) is 8.95. The largest absolute Gasteiger partial charge is 0.480 e. The van der Waals surface area contributed by atoms with Crippen LogP contribution in [-0.2, 0) is 4.79 Å². The van der Waals surface area contributed by atoms with Gasteiger partial charge in [-0.1, -0.05) is 12.2 Å². The number of hydrogen-bond donors (Lipinski definition) is 3. The predicted molar refractivity (Wildman–Crippen MR) is 70.1 cm³/mol. The third kappa shape index (κ3) is 4.09. The molecule has 19 heavy (non-hydrogen) atoms. The number of allylic oxidation sites excluding steroid dienone is 1. The van der Waals surface area contributed by atoms with E-state index in [2.05, 4.69) is 10.3 Å². The molecule has 6 heteroatoms. The number of H-pyrrole nitrogens is 1. The van der Waals surface area contributed by atoms with Crippen LogP contribution in [0.3, 0.4) is 0 Å². The summed E-state index contributed by atoms with van der Waals surface area (Å²) < 4.78 is 0. The SMILES string of the molecule is C/C=C/CC(NC(=O)c1ccc(C)[nH]c1=O)C(=O)O. The molecule has 0 spiro atoms. The molecule has 1 aromatic heterocycles. The van der Waals surface area contributed by atoms with E-state index in [1.807, 2.05) is 0 Å². The van der Waals surface area contributed by atoms with Gasteiger partial charge in [0.25, 0.3) is 11.5 Å². The first-order valence-corrected chi connectivity index (χ1v) is 5.80. The maximum absolute atomic E-state index is 11.8. The van der Waals surface area contributed by atoms with Crippen LogP contribution in [0.25, 0.3) is 0 Å². The maximum atomic E-state index is 11.8. The van der Waals surface area contributed by atoms with Crippen molar-refractivity contribution < 1.29 is 14.7 Å². The third-order valence-electron chi connectivity index (χ3n) is 2.51. The Balaban J connectivity index is 2.87. The van der Waals surface area contributed by atoms with Crippen molar-refractivity contribution >= 4 is 11.9 Å². The standard InChI is InChI=1S/C13H16N2O4/c1-3-4-5-10(13(18)19)15-12(17)9-7-6-8(2)14-11(9)16/h3-4,6-7,10H,5H2,1-2H3,(H,14,16)(H,15,17)(H,18,19)/b4-3+. The number of carbonyl (C=O) groups excluding carboxylic acids is 1. The zero-order valence-corrected chi connectivity index (χ0v) is 10.8. The van der Waals surface area contributed by atoms with Crippen LogP contribution in [0.2, 0.25) is 0 Å². The predicted octanol–water partition coefficient (Wildman–Crippen LogP) is 0.833. The Labute approximate surface area is 110 Å². The van der Waals surface area contributed by atoms with Gasteiger partial charge in [0.1, 0.15) is 11.6 Å². The minimum atomic E-state index is -1.14. The highest BCUT2D eigenvalue weighted by molar-refractivity contribution is 5.96. The van der Waals surface area contributed by atoms with Crippen LogP contribution in [0.1, 0.15) is 29.4 Å². The van der Waals surface area contributed by atoms with Crippen LogP contribution >= 0.6 is 0 Å². The van der Waals surface area contributed by atoms with Crippen LogP contribution in [0.4, 0.5) is 0 Å². The Morgan fingerprint density at radius 1 is 1.47 bits per heavy atom. The minimum absolute atomic E-state index is 0.0997. The first-order valence-electron chi connectivity index (χ1n) is 5.80. The van der Waals surface area contributed by atoms with E-state index in [9.17, 15) is 14.4 Å². The van der Waals surface area contributed by atoms with E-state index in [0.717, 1.165) is 0 Å². The second-order valence-corrected chi connectivity index (χ2v) is 4.05. The summed E-state index contributed by atoms with van der Waals surface area (Å²) in [7, 11) is 0. The topological polar surface area (TPSA) is 99.3 Å². The molecule has 6 nitrogen and oxygen atoms in total. The zero-order valence-electron chi connectivity index (χ0n) is 10.8. The van der Waals surface area contributed by atoms with E-state index in [1.54, 1.807) is 32.1 Å². The molecule has 1 atom stereocenters. The smallest absolute Gasteiger partial charge is 0.326 e. The van der Waals surface area contributed by atoms with Crippen molar-refractivity contribution in [3.05, 3.63) is 45.9 Å². The van der Waals surface area contributed by atoms with E-state index in [0.29, 0.717) is 5.69 Å². The molecule has 0 aliphatic heterocycles. The van der Waals surface area contributed by atoms with Gasteiger partial charge in [0, 0.05) is 5.69 Å². The number of hydrogen-bond acceptors (Lipinski definition) is 3. The summed E-state index contributed by atoms with van der Waals surface area (Å²) in [6.07, 6.45) is 3.50. The number of pyridine rings is 1. The lowest BCUT2D eigenvalue weighted by Crippen LogP contribution is -2.42. The maximum Gasteiger partial charge on any atom is 0.326 e. The van der Waals surface area contributed by atoms with Crippen LogP contribution < -0.4 is 10.9 Å². The lowest BCUT2D eigenvalue weighted by atomic mass is 10.1. The minimum Gasteiger partial charge on any atom is -0.480 e. The highest BCUT2D eigenvalue weighted by Gasteiger charge is 2.20. The summed E-state index contributed by atoms with van der Waals surface area (Å²) in [4.78, 5) is 36.9. The summed E-state index contributed by atoms with van der Waals surface area (Å²) in [6.45, 7) is 3.45. The number of aromatic amines is 1. The summed E-state index contributed by atoms with van der Waals surface area (Å²) in [6, 6.07) is 1.90. The van der Waals surface area contributed by atoms with Crippen molar-refractivity contribution in [1.29, 1.82) is 0 Å². The number of carboxylic acid groups (broad SMARTS) is 1. The molecule has 1 amide bonds. The molecule has 0 saturated carbocycles. The average Bonchev–Trinajstić information content (AvgIpc) is 2.33. The number of amides is 1. The number of carboxylic acids is 1. The van der Waals surface area contributed by atoms with Gasteiger partial charge in [-0.05, 0) is 32.4 Å². The molecule has 1 aromatic rings. The van der Waals surface area contributed by atoms with Crippen LogP contribution in [0, 0.1) is 6.92 Å². The van der Waals surface area contributed by atoms with Crippen molar-refractivity contribution in [2.24, 2.45) is 0 Å². The summed E-state index contributed by atoms with van der Waals surface area (Å²) in [5, 5.41) is 11.3. The lowest BCUT2D eigenvalue weighted by Gasteiger charge is -2.12. The summed E-state index contributed by atoms with van der Waals surface area (Å²) in [5.74, 6) is -1.84. The van der Waals surface area contributed by atoms with Gasteiger partial charge in [0.05, 0.1) is 0 Å². The molecule has 3 N–H and O–H groups in total. The zero-order chi connectivity index (χ0) is 14.4. The molecule has 1 rings (SSSR count). The van der Waals surface area contributed by atoms with E-state index >= 15 is 0 Å². The van der Waals surface area contributed by atoms with Crippen molar-refractivity contribution in [2.45, 2.75) is 26.3 Å². The van der Waals surface area contributed by atoms with Crippen LogP contribution in [0.15, 0.2) is 29.1 Å². The van der Waals surface area contributed by atoms with E-state index in [4.69, 9.17) is 5.11 Å². The molecular weight excluding hydrogens is 248 g/mol. The van der Waals surface area contributed by atoms with Gasteiger partial charge in [-0.2, -0.15) is 0 Å². The van der Waals surface area contributed by atoms with Gasteiger partial charge in [0.15, 0.2) is 0 Å².